The van der Waals surface area contributed by atoms with Gasteiger partial charge in [0.2, 0.25) is 0 Å². The number of anilines is 1. The Hall–Kier alpha value is -0.970. The molecule has 0 radical (unpaired) electrons. The first-order chi connectivity index (χ1) is 6.27. The Balaban J connectivity index is 2.73. The first-order valence-corrected chi connectivity index (χ1v) is 4.16. The summed E-state index contributed by atoms with van der Waals surface area (Å²) in [5.41, 5.74) is 3.29. The highest BCUT2D eigenvalue weighted by Crippen LogP contribution is 2.25. The molecule has 0 saturated carbocycles. The summed E-state index contributed by atoms with van der Waals surface area (Å²) in [6, 6.07) is 5.39. The van der Waals surface area contributed by atoms with Gasteiger partial charge in [-0.05, 0) is 12.1 Å². The molecule has 0 aliphatic carbocycles. The van der Waals surface area contributed by atoms with Gasteiger partial charge in [0.25, 0.3) is 0 Å². The first-order valence-electron chi connectivity index (χ1n) is 3.79. The van der Waals surface area contributed by atoms with Gasteiger partial charge in [0.1, 0.15) is 5.75 Å². The van der Waals surface area contributed by atoms with Crippen LogP contribution in [0.3, 0.4) is 0 Å². The van der Waals surface area contributed by atoms with E-state index < -0.39 is 0 Å². The van der Waals surface area contributed by atoms with Gasteiger partial charge in [-0.15, -0.1) is 0 Å². The van der Waals surface area contributed by atoms with E-state index in [0.29, 0.717) is 11.7 Å². The lowest BCUT2D eigenvalue weighted by molar-refractivity contribution is 0.415. The van der Waals surface area contributed by atoms with Crippen molar-refractivity contribution in [3.63, 3.8) is 0 Å². The lowest BCUT2D eigenvalue weighted by Gasteiger charge is -2.08. The van der Waals surface area contributed by atoms with E-state index in [0.717, 1.165) is 11.4 Å². The molecular weight excluding hydrogens is 190 g/mol. The van der Waals surface area contributed by atoms with Crippen molar-refractivity contribution in [1.82, 2.24) is 5.43 Å². The summed E-state index contributed by atoms with van der Waals surface area (Å²) < 4.78 is 5.00. The zero-order valence-corrected chi connectivity index (χ0v) is 8.06. The van der Waals surface area contributed by atoms with Crippen molar-refractivity contribution < 1.29 is 4.74 Å². The van der Waals surface area contributed by atoms with Gasteiger partial charge in [-0.3, -0.25) is 5.84 Å². The van der Waals surface area contributed by atoms with Gasteiger partial charge in [0, 0.05) is 6.07 Å². The summed E-state index contributed by atoms with van der Waals surface area (Å²) in [6.45, 7) is 0.464. The normalized spacial score (nSPS) is 9.77. The molecule has 0 fully saturated rings. The second kappa shape index (κ2) is 4.91. The molecule has 0 amide bonds. The number of nitrogens with two attached hydrogens (primary N) is 1. The Kier molecular flexibility index (Phi) is 3.82. The summed E-state index contributed by atoms with van der Waals surface area (Å²) in [4.78, 5) is 0. The largest absolute Gasteiger partial charge is 0.497 e. The first kappa shape index (κ1) is 10.1. The van der Waals surface area contributed by atoms with E-state index in [4.69, 9.17) is 22.2 Å². The van der Waals surface area contributed by atoms with Crippen molar-refractivity contribution in [3.8, 4) is 5.75 Å². The van der Waals surface area contributed by atoms with Crippen LogP contribution in [-0.2, 0) is 0 Å². The minimum atomic E-state index is 0.464. The number of benzene rings is 1. The van der Waals surface area contributed by atoms with Crippen LogP contribution in [0.5, 0.6) is 5.75 Å². The summed E-state index contributed by atoms with van der Waals surface area (Å²) in [7, 11) is 1.60. The molecule has 4 N–H and O–H groups in total. The molecule has 0 aliphatic heterocycles. The molecule has 1 aromatic carbocycles. The third-order valence-corrected chi connectivity index (χ3v) is 1.87. The van der Waals surface area contributed by atoms with E-state index in [-0.39, 0.29) is 0 Å². The number of nitrogens with one attached hydrogen (secondary N) is 2. The Morgan fingerprint density at radius 3 is 2.85 bits per heavy atom. The molecule has 0 aliphatic rings. The van der Waals surface area contributed by atoms with E-state index in [1.165, 1.54) is 0 Å². The van der Waals surface area contributed by atoms with Gasteiger partial charge >= 0.3 is 0 Å². The van der Waals surface area contributed by atoms with Crippen molar-refractivity contribution in [1.29, 1.82) is 0 Å². The third-order valence-electron chi connectivity index (χ3n) is 1.56. The lowest BCUT2D eigenvalue weighted by Crippen LogP contribution is -2.28. The fourth-order valence-electron chi connectivity index (χ4n) is 0.912. The summed E-state index contributed by atoms with van der Waals surface area (Å²) in [5.74, 6) is 5.83. The van der Waals surface area contributed by atoms with E-state index in [2.05, 4.69) is 10.7 Å². The van der Waals surface area contributed by atoms with Gasteiger partial charge in [-0.25, -0.2) is 5.43 Å². The maximum Gasteiger partial charge on any atom is 0.120 e. The monoisotopic (exact) mass is 201 g/mol. The van der Waals surface area contributed by atoms with Crippen molar-refractivity contribution >= 4 is 17.3 Å². The highest BCUT2D eigenvalue weighted by Gasteiger charge is 2.00. The quantitative estimate of drug-likeness (QED) is 0.389. The number of rotatable bonds is 4. The van der Waals surface area contributed by atoms with Crippen LogP contribution in [0.4, 0.5) is 5.69 Å². The van der Waals surface area contributed by atoms with Crippen LogP contribution in [0.15, 0.2) is 18.2 Å². The molecule has 4 nitrogen and oxygen atoms in total. The highest BCUT2D eigenvalue weighted by atomic mass is 35.5. The van der Waals surface area contributed by atoms with Gasteiger partial charge in [0.15, 0.2) is 0 Å². The van der Waals surface area contributed by atoms with E-state index >= 15 is 0 Å². The number of methoxy groups -OCH3 is 1. The molecule has 0 spiro atoms. The van der Waals surface area contributed by atoms with E-state index in [1.807, 2.05) is 12.1 Å². The highest BCUT2D eigenvalue weighted by molar-refractivity contribution is 6.33. The zero-order valence-electron chi connectivity index (χ0n) is 7.30. The molecule has 72 valence electrons. The number of halogens is 1. The summed E-state index contributed by atoms with van der Waals surface area (Å²) >= 11 is 5.93. The van der Waals surface area contributed by atoms with Crippen LogP contribution in [0, 0.1) is 0 Å². The Bertz CT molecular complexity index is 280. The summed E-state index contributed by atoms with van der Waals surface area (Å²) in [5, 5.41) is 3.60. The fraction of sp³-hybridized carbons (Fsp3) is 0.250. The molecule has 0 saturated heterocycles. The number of hydrogen-bond donors (Lipinski definition) is 3. The predicted molar refractivity (Wildman–Crippen MR) is 53.8 cm³/mol. The molecular formula is C8H12ClN3O. The standard InChI is InChI=1S/C8H12ClN3O/c1-13-6-2-3-8(7(9)4-6)11-5-12-10/h2-4,11-12H,5,10H2,1H3. The molecule has 0 aromatic heterocycles. The molecule has 5 heteroatoms. The average molecular weight is 202 g/mol. The van der Waals surface area contributed by atoms with Crippen LogP contribution in [-0.4, -0.2) is 13.8 Å². The third kappa shape index (κ3) is 2.77. The van der Waals surface area contributed by atoms with Crippen molar-refractivity contribution in [2.24, 2.45) is 5.84 Å². The minimum absolute atomic E-state index is 0.464. The second-order valence-corrected chi connectivity index (χ2v) is 2.81. The number of hydrazine groups is 1. The molecule has 1 rings (SSSR count). The fourth-order valence-corrected chi connectivity index (χ4v) is 1.15. The van der Waals surface area contributed by atoms with Crippen molar-refractivity contribution in [3.05, 3.63) is 23.2 Å². The van der Waals surface area contributed by atoms with Crippen molar-refractivity contribution in [2.75, 3.05) is 19.1 Å². The number of ether oxygens (including phenoxy) is 1. The van der Waals surface area contributed by atoms with E-state index in [9.17, 15) is 0 Å². The molecule has 1 aromatic rings. The van der Waals surface area contributed by atoms with Crippen LogP contribution in [0.2, 0.25) is 5.02 Å². The molecule has 0 unspecified atom stereocenters. The van der Waals surface area contributed by atoms with Gasteiger partial charge in [0.05, 0.1) is 24.5 Å². The van der Waals surface area contributed by atoms with Crippen LogP contribution >= 0.6 is 11.6 Å². The Labute approximate surface area is 82.0 Å². The lowest BCUT2D eigenvalue weighted by atomic mass is 10.3. The molecule has 13 heavy (non-hydrogen) atoms. The van der Waals surface area contributed by atoms with E-state index in [1.54, 1.807) is 13.2 Å². The Morgan fingerprint density at radius 1 is 1.54 bits per heavy atom. The maximum atomic E-state index is 5.93. The molecule has 0 bridgehead atoms. The zero-order chi connectivity index (χ0) is 9.68. The van der Waals surface area contributed by atoms with Crippen LogP contribution in [0.25, 0.3) is 0 Å². The van der Waals surface area contributed by atoms with Crippen LogP contribution in [0.1, 0.15) is 0 Å². The molecule has 0 atom stereocenters. The SMILES string of the molecule is COc1ccc(NCNN)c(Cl)c1. The second-order valence-electron chi connectivity index (χ2n) is 2.40. The maximum absolute atomic E-state index is 5.93. The smallest absolute Gasteiger partial charge is 0.120 e. The predicted octanol–water partition coefficient (Wildman–Crippen LogP) is 1.18. The van der Waals surface area contributed by atoms with Gasteiger partial charge in [-0.2, -0.15) is 0 Å². The average Bonchev–Trinajstić information content (AvgIpc) is 2.16. The number of hydrogen-bond acceptors (Lipinski definition) is 4. The van der Waals surface area contributed by atoms with Gasteiger partial charge < -0.3 is 10.1 Å². The topological polar surface area (TPSA) is 59.3 Å². The minimum Gasteiger partial charge on any atom is -0.497 e. The van der Waals surface area contributed by atoms with Crippen molar-refractivity contribution in [2.45, 2.75) is 0 Å². The van der Waals surface area contributed by atoms with Crippen LogP contribution < -0.4 is 21.3 Å². The molecule has 0 heterocycles. The summed E-state index contributed by atoms with van der Waals surface area (Å²) in [6.07, 6.45) is 0. The Morgan fingerprint density at radius 2 is 2.31 bits per heavy atom. The van der Waals surface area contributed by atoms with Gasteiger partial charge in [-0.1, -0.05) is 11.6 Å².